The Morgan fingerprint density at radius 2 is 1.94 bits per heavy atom. The molecule has 90 valence electrons. The lowest BCUT2D eigenvalue weighted by atomic mass is 10.1. The molecule has 0 atom stereocenters. The molecule has 17 heavy (non-hydrogen) atoms. The zero-order chi connectivity index (χ0) is 12.8. The van der Waals surface area contributed by atoms with Crippen molar-refractivity contribution in [3.63, 3.8) is 0 Å². The summed E-state index contributed by atoms with van der Waals surface area (Å²) in [6.45, 7) is 3.89. The van der Waals surface area contributed by atoms with Crippen LogP contribution in [0.1, 0.15) is 19.4 Å². The van der Waals surface area contributed by atoms with Crippen LogP contribution in [0, 0.1) is 5.41 Å². The fourth-order valence-corrected chi connectivity index (χ4v) is 1.33. The summed E-state index contributed by atoms with van der Waals surface area (Å²) in [7, 11) is 0. The second-order valence-corrected chi connectivity index (χ2v) is 3.82. The van der Waals surface area contributed by atoms with Crippen molar-refractivity contribution in [2.45, 2.75) is 20.0 Å². The van der Waals surface area contributed by atoms with E-state index >= 15 is 0 Å². The molecule has 0 aliphatic rings. The normalized spacial score (nSPS) is 11.9. The number of aldehydes is 1. The first-order valence-electron chi connectivity index (χ1n) is 5.31. The highest BCUT2D eigenvalue weighted by atomic mass is 16.5. The molecule has 0 amide bonds. The van der Waals surface area contributed by atoms with Crippen LogP contribution in [0.5, 0.6) is 5.75 Å². The molecule has 1 aromatic carbocycles. The molecule has 0 bridgehead atoms. The van der Waals surface area contributed by atoms with Crippen LogP contribution in [-0.4, -0.2) is 18.6 Å². The Balaban J connectivity index is 2.98. The Morgan fingerprint density at radius 3 is 2.35 bits per heavy atom. The van der Waals surface area contributed by atoms with Crippen LogP contribution in [0.2, 0.25) is 0 Å². The zero-order valence-corrected chi connectivity index (χ0v) is 9.94. The van der Waals surface area contributed by atoms with E-state index in [2.05, 4.69) is 0 Å². The zero-order valence-electron chi connectivity index (χ0n) is 9.94. The summed E-state index contributed by atoms with van der Waals surface area (Å²) in [6, 6.07) is 7.10. The van der Waals surface area contributed by atoms with E-state index in [0.29, 0.717) is 17.5 Å². The van der Waals surface area contributed by atoms with Gasteiger partial charge >= 0.3 is 0 Å². The summed E-state index contributed by atoms with van der Waals surface area (Å²) in [5.41, 5.74) is 6.93. The van der Waals surface area contributed by atoms with E-state index in [4.69, 9.17) is 15.9 Å². The monoisotopic (exact) mass is 232 g/mol. The van der Waals surface area contributed by atoms with E-state index in [1.54, 1.807) is 24.3 Å². The Kier molecular flexibility index (Phi) is 4.46. The van der Waals surface area contributed by atoms with Crippen LogP contribution in [0.25, 0.3) is 5.70 Å². The molecule has 0 aromatic heterocycles. The molecule has 1 aromatic rings. The molecular weight excluding hydrogens is 216 g/mol. The van der Waals surface area contributed by atoms with E-state index in [-0.39, 0.29) is 11.7 Å². The Labute approximate surface area is 101 Å². The molecule has 0 radical (unpaired) electrons. The van der Waals surface area contributed by atoms with Crippen molar-refractivity contribution < 1.29 is 9.53 Å². The minimum absolute atomic E-state index is 0.112. The number of allylic oxidation sites excluding steroid dienone is 1. The Hall–Kier alpha value is -2.10. The molecule has 3 N–H and O–H groups in total. The highest BCUT2D eigenvalue weighted by molar-refractivity contribution is 6.08. The SMILES string of the molecule is CC(C)Oc1ccc(C(N)=C(C=N)C=O)cc1. The van der Waals surface area contributed by atoms with Crippen molar-refractivity contribution in [1.29, 1.82) is 5.41 Å². The van der Waals surface area contributed by atoms with Gasteiger partial charge in [0.2, 0.25) is 0 Å². The minimum atomic E-state index is 0.112. The molecule has 0 unspecified atom stereocenters. The van der Waals surface area contributed by atoms with Gasteiger partial charge in [-0.3, -0.25) is 4.79 Å². The maximum atomic E-state index is 10.6. The van der Waals surface area contributed by atoms with Crippen molar-refractivity contribution in [2.24, 2.45) is 5.73 Å². The largest absolute Gasteiger partial charge is 0.491 e. The van der Waals surface area contributed by atoms with Crippen molar-refractivity contribution in [2.75, 3.05) is 0 Å². The summed E-state index contributed by atoms with van der Waals surface area (Å²) in [5.74, 6) is 0.749. The van der Waals surface area contributed by atoms with Gasteiger partial charge in [0.1, 0.15) is 5.75 Å². The fourth-order valence-electron chi connectivity index (χ4n) is 1.33. The second-order valence-electron chi connectivity index (χ2n) is 3.82. The number of hydrogen-bond donors (Lipinski definition) is 2. The van der Waals surface area contributed by atoms with Crippen LogP contribution < -0.4 is 10.5 Å². The molecule has 0 heterocycles. The molecule has 4 heteroatoms. The summed E-state index contributed by atoms with van der Waals surface area (Å²) < 4.78 is 5.49. The third-order valence-electron chi connectivity index (χ3n) is 2.13. The Morgan fingerprint density at radius 1 is 1.35 bits per heavy atom. The molecule has 0 saturated carbocycles. The maximum Gasteiger partial charge on any atom is 0.153 e. The summed E-state index contributed by atoms with van der Waals surface area (Å²) >= 11 is 0. The van der Waals surface area contributed by atoms with Gasteiger partial charge in [-0.25, -0.2) is 0 Å². The van der Waals surface area contributed by atoms with Gasteiger partial charge in [-0.05, 0) is 43.7 Å². The molecule has 0 fully saturated rings. The lowest BCUT2D eigenvalue weighted by molar-refractivity contribution is -0.104. The average Bonchev–Trinajstić information content (AvgIpc) is 2.30. The van der Waals surface area contributed by atoms with Crippen molar-refractivity contribution in [3.8, 4) is 5.75 Å². The number of nitrogens with two attached hydrogens (primary N) is 1. The van der Waals surface area contributed by atoms with Gasteiger partial charge in [-0.2, -0.15) is 0 Å². The standard InChI is InChI=1S/C13H16N2O2/c1-9(2)17-12-5-3-10(4-6-12)13(15)11(7-14)8-16/h3-9,14H,15H2,1-2H3. The first-order valence-corrected chi connectivity index (χ1v) is 5.31. The predicted octanol–water partition coefficient (Wildman–Crippen LogP) is 1.99. The molecule has 0 saturated heterocycles. The van der Waals surface area contributed by atoms with E-state index in [0.717, 1.165) is 12.0 Å². The van der Waals surface area contributed by atoms with Gasteiger partial charge in [0.25, 0.3) is 0 Å². The molecule has 0 aliphatic carbocycles. The van der Waals surface area contributed by atoms with Gasteiger partial charge in [0.05, 0.1) is 17.4 Å². The number of carbonyl (C=O) groups is 1. The molecule has 0 spiro atoms. The molecule has 0 aliphatic heterocycles. The second kappa shape index (κ2) is 5.84. The minimum Gasteiger partial charge on any atom is -0.491 e. The number of ether oxygens (including phenoxy) is 1. The number of benzene rings is 1. The average molecular weight is 232 g/mol. The lowest BCUT2D eigenvalue weighted by Crippen LogP contribution is -2.06. The van der Waals surface area contributed by atoms with Crippen molar-refractivity contribution in [1.82, 2.24) is 0 Å². The summed E-state index contributed by atoms with van der Waals surface area (Å²) in [6.07, 6.45) is 1.63. The van der Waals surface area contributed by atoms with Crippen LogP contribution in [0.4, 0.5) is 0 Å². The summed E-state index contributed by atoms with van der Waals surface area (Å²) in [5, 5.41) is 7.06. The third-order valence-corrected chi connectivity index (χ3v) is 2.13. The van der Waals surface area contributed by atoms with E-state index in [1.165, 1.54) is 0 Å². The van der Waals surface area contributed by atoms with Crippen molar-refractivity contribution in [3.05, 3.63) is 35.4 Å². The van der Waals surface area contributed by atoms with E-state index in [1.807, 2.05) is 13.8 Å². The first-order chi connectivity index (χ1) is 8.08. The smallest absolute Gasteiger partial charge is 0.153 e. The van der Waals surface area contributed by atoms with Crippen LogP contribution >= 0.6 is 0 Å². The van der Waals surface area contributed by atoms with Crippen LogP contribution in [0.3, 0.4) is 0 Å². The fraction of sp³-hybridized carbons (Fsp3) is 0.231. The van der Waals surface area contributed by atoms with E-state index < -0.39 is 0 Å². The highest BCUT2D eigenvalue weighted by Gasteiger charge is 2.04. The topological polar surface area (TPSA) is 76.2 Å². The van der Waals surface area contributed by atoms with Crippen LogP contribution in [0.15, 0.2) is 29.8 Å². The third kappa shape index (κ3) is 3.45. The van der Waals surface area contributed by atoms with Gasteiger partial charge in [-0.1, -0.05) is 0 Å². The first kappa shape index (κ1) is 13.0. The van der Waals surface area contributed by atoms with Gasteiger partial charge in [0, 0.05) is 6.21 Å². The number of hydrogen-bond acceptors (Lipinski definition) is 4. The van der Waals surface area contributed by atoms with E-state index in [9.17, 15) is 4.79 Å². The number of nitrogens with one attached hydrogen (secondary N) is 1. The predicted molar refractivity (Wildman–Crippen MR) is 68.2 cm³/mol. The maximum absolute atomic E-state index is 10.6. The quantitative estimate of drug-likeness (QED) is 0.463. The number of carbonyl (C=O) groups excluding carboxylic acids is 1. The van der Waals surface area contributed by atoms with Crippen molar-refractivity contribution >= 4 is 18.2 Å². The Bertz CT molecular complexity index is 423. The van der Waals surface area contributed by atoms with Gasteiger partial charge < -0.3 is 15.9 Å². The lowest BCUT2D eigenvalue weighted by Gasteiger charge is -2.10. The summed E-state index contributed by atoms with van der Waals surface area (Å²) in [4.78, 5) is 10.6. The molecule has 1 rings (SSSR count). The highest BCUT2D eigenvalue weighted by Crippen LogP contribution is 2.18. The molecule has 4 nitrogen and oxygen atoms in total. The van der Waals surface area contributed by atoms with Gasteiger partial charge in [-0.15, -0.1) is 0 Å². The van der Waals surface area contributed by atoms with Crippen LogP contribution in [-0.2, 0) is 4.79 Å². The molecular formula is C13H16N2O2. The number of rotatable bonds is 5. The van der Waals surface area contributed by atoms with Gasteiger partial charge in [0.15, 0.2) is 6.29 Å².